The van der Waals surface area contributed by atoms with Crippen LogP contribution >= 0.6 is 0 Å². The summed E-state index contributed by atoms with van der Waals surface area (Å²) < 4.78 is 32.7. The van der Waals surface area contributed by atoms with Gasteiger partial charge in [0, 0.05) is 24.8 Å². The molecule has 0 bridgehead atoms. The Morgan fingerprint density at radius 3 is 2.30 bits per heavy atom. The number of aryl methyl sites for hydroxylation is 1. The molecule has 0 aliphatic carbocycles. The minimum absolute atomic E-state index is 0.157. The highest BCUT2D eigenvalue weighted by Crippen LogP contribution is 2.21. The van der Waals surface area contributed by atoms with Crippen LogP contribution in [0.4, 0.5) is 5.82 Å². The highest BCUT2D eigenvalue weighted by atomic mass is 32.2. The zero-order valence-corrected chi connectivity index (χ0v) is 16.4. The highest BCUT2D eigenvalue weighted by molar-refractivity contribution is 7.89. The van der Waals surface area contributed by atoms with Crippen LogP contribution in [0.15, 0.2) is 47.5 Å². The van der Waals surface area contributed by atoms with Crippen molar-refractivity contribution in [2.45, 2.75) is 37.9 Å². The monoisotopic (exact) mass is 389 g/mol. The first-order valence-electron chi connectivity index (χ1n) is 8.75. The van der Waals surface area contributed by atoms with Crippen LogP contribution in [0.5, 0.6) is 0 Å². The van der Waals surface area contributed by atoms with E-state index in [1.54, 1.807) is 12.3 Å². The number of morpholine rings is 1. The maximum absolute atomic E-state index is 12.8. The van der Waals surface area contributed by atoms with E-state index in [4.69, 9.17) is 4.74 Å². The van der Waals surface area contributed by atoms with E-state index in [0.29, 0.717) is 24.5 Å². The van der Waals surface area contributed by atoms with Crippen molar-refractivity contribution in [2.75, 3.05) is 18.4 Å². The summed E-state index contributed by atoms with van der Waals surface area (Å²) in [7, 11) is -3.62. The maximum atomic E-state index is 12.8. The standard InChI is InChI=1S/C19H23N3O4S/c1-13-4-9-18(20-10-13)21-19(23)16-5-7-17(8-6-16)27(24,25)22-11-14(2)26-15(3)12-22/h4-10,14-15H,11-12H2,1-3H3,(H,20,21,23)/t14-,15+. The van der Waals surface area contributed by atoms with E-state index in [-0.39, 0.29) is 23.0 Å². The summed E-state index contributed by atoms with van der Waals surface area (Å²) in [6.45, 7) is 6.24. The van der Waals surface area contributed by atoms with Gasteiger partial charge in [0.05, 0.1) is 17.1 Å². The van der Waals surface area contributed by atoms with Gasteiger partial charge in [0.25, 0.3) is 5.91 Å². The normalized spacial score (nSPS) is 21.0. The van der Waals surface area contributed by atoms with Crippen LogP contribution in [0.25, 0.3) is 0 Å². The van der Waals surface area contributed by atoms with E-state index in [1.165, 1.54) is 28.6 Å². The second kappa shape index (κ2) is 7.75. The topological polar surface area (TPSA) is 88.6 Å². The van der Waals surface area contributed by atoms with Crippen LogP contribution in [0, 0.1) is 6.92 Å². The van der Waals surface area contributed by atoms with E-state index in [2.05, 4.69) is 10.3 Å². The number of rotatable bonds is 4. The Balaban J connectivity index is 1.74. The summed E-state index contributed by atoms with van der Waals surface area (Å²) in [5.41, 5.74) is 1.36. The van der Waals surface area contributed by atoms with Gasteiger partial charge in [-0.25, -0.2) is 13.4 Å². The Bertz CT molecular complexity index is 901. The number of pyridine rings is 1. The first-order valence-corrected chi connectivity index (χ1v) is 10.2. The lowest BCUT2D eigenvalue weighted by Crippen LogP contribution is -2.48. The van der Waals surface area contributed by atoms with E-state index < -0.39 is 10.0 Å². The third kappa shape index (κ3) is 4.52. The number of hydrogen-bond acceptors (Lipinski definition) is 5. The fraction of sp³-hybridized carbons (Fsp3) is 0.368. The molecule has 2 heterocycles. The predicted molar refractivity (Wildman–Crippen MR) is 102 cm³/mol. The van der Waals surface area contributed by atoms with E-state index in [9.17, 15) is 13.2 Å². The van der Waals surface area contributed by atoms with Crippen LogP contribution in [0.2, 0.25) is 0 Å². The fourth-order valence-electron chi connectivity index (χ4n) is 2.98. The van der Waals surface area contributed by atoms with Gasteiger partial charge in [-0.2, -0.15) is 4.31 Å². The quantitative estimate of drug-likeness (QED) is 0.868. The lowest BCUT2D eigenvalue weighted by atomic mass is 10.2. The van der Waals surface area contributed by atoms with Gasteiger partial charge < -0.3 is 10.1 Å². The molecule has 0 radical (unpaired) electrons. The zero-order chi connectivity index (χ0) is 19.6. The molecule has 0 spiro atoms. The number of ether oxygens (including phenoxy) is 1. The molecule has 3 rings (SSSR count). The molecule has 1 aliphatic heterocycles. The molecule has 7 nitrogen and oxygen atoms in total. The Morgan fingerprint density at radius 2 is 1.74 bits per heavy atom. The van der Waals surface area contributed by atoms with Crippen molar-refractivity contribution in [1.29, 1.82) is 0 Å². The van der Waals surface area contributed by atoms with Gasteiger partial charge in [-0.05, 0) is 56.7 Å². The number of aromatic nitrogens is 1. The molecule has 1 aromatic carbocycles. The molecule has 27 heavy (non-hydrogen) atoms. The number of nitrogens with zero attached hydrogens (tertiary/aromatic N) is 2. The first kappa shape index (κ1) is 19.5. The van der Waals surface area contributed by atoms with Crippen LogP contribution in [-0.4, -0.2) is 48.9 Å². The molecule has 1 fully saturated rings. The minimum Gasteiger partial charge on any atom is -0.373 e. The van der Waals surface area contributed by atoms with Crippen molar-refractivity contribution in [1.82, 2.24) is 9.29 Å². The molecule has 2 aromatic rings. The molecular formula is C19H23N3O4S. The van der Waals surface area contributed by atoms with Crippen molar-refractivity contribution in [3.05, 3.63) is 53.7 Å². The van der Waals surface area contributed by atoms with Gasteiger partial charge in [-0.3, -0.25) is 4.79 Å². The van der Waals surface area contributed by atoms with Crippen LogP contribution in [0.1, 0.15) is 29.8 Å². The van der Waals surface area contributed by atoms with Crippen molar-refractivity contribution in [2.24, 2.45) is 0 Å². The SMILES string of the molecule is Cc1ccc(NC(=O)c2ccc(S(=O)(=O)N3C[C@@H](C)O[C@@H](C)C3)cc2)nc1. The Labute approximate surface area is 159 Å². The van der Waals surface area contributed by atoms with E-state index in [1.807, 2.05) is 26.8 Å². The fourth-order valence-corrected chi connectivity index (χ4v) is 4.58. The first-order chi connectivity index (χ1) is 12.8. The van der Waals surface area contributed by atoms with Gasteiger partial charge >= 0.3 is 0 Å². The Hall–Kier alpha value is -2.29. The van der Waals surface area contributed by atoms with Crippen LogP contribution < -0.4 is 5.32 Å². The second-order valence-corrected chi connectivity index (χ2v) is 8.72. The maximum Gasteiger partial charge on any atom is 0.256 e. The van der Waals surface area contributed by atoms with Crippen molar-refractivity contribution < 1.29 is 17.9 Å². The number of carbonyl (C=O) groups excluding carboxylic acids is 1. The third-order valence-electron chi connectivity index (χ3n) is 4.29. The molecule has 1 amide bonds. The molecule has 1 aromatic heterocycles. The Morgan fingerprint density at radius 1 is 1.11 bits per heavy atom. The summed E-state index contributed by atoms with van der Waals surface area (Å²) in [5, 5.41) is 2.69. The molecule has 1 aliphatic rings. The number of benzene rings is 1. The molecule has 8 heteroatoms. The molecule has 1 N–H and O–H groups in total. The van der Waals surface area contributed by atoms with Gasteiger partial charge in [-0.15, -0.1) is 0 Å². The lowest BCUT2D eigenvalue weighted by Gasteiger charge is -2.34. The second-order valence-electron chi connectivity index (χ2n) is 6.78. The number of nitrogens with one attached hydrogen (secondary N) is 1. The van der Waals surface area contributed by atoms with Crippen molar-refractivity contribution >= 4 is 21.7 Å². The lowest BCUT2D eigenvalue weighted by molar-refractivity contribution is -0.0440. The number of sulfonamides is 1. The average molecular weight is 389 g/mol. The van der Waals surface area contributed by atoms with Gasteiger partial charge in [0.2, 0.25) is 10.0 Å². The summed E-state index contributed by atoms with van der Waals surface area (Å²) in [4.78, 5) is 16.6. The Kier molecular flexibility index (Phi) is 5.59. The van der Waals surface area contributed by atoms with Crippen LogP contribution in [0.3, 0.4) is 0 Å². The minimum atomic E-state index is -3.62. The van der Waals surface area contributed by atoms with E-state index in [0.717, 1.165) is 5.56 Å². The molecule has 0 unspecified atom stereocenters. The molecule has 144 valence electrons. The smallest absolute Gasteiger partial charge is 0.256 e. The number of amides is 1. The van der Waals surface area contributed by atoms with Crippen molar-refractivity contribution in [3.8, 4) is 0 Å². The molecular weight excluding hydrogens is 366 g/mol. The van der Waals surface area contributed by atoms with Crippen molar-refractivity contribution in [3.63, 3.8) is 0 Å². The average Bonchev–Trinajstić information content (AvgIpc) is 2.63. The number of hydrogen-bond donors (Lipinski definition) is 1. The largest absolute Gasteiger partial charge is 0.373 e. The van der Waals surface area contributed by atoms with Gasteiger partial charge in [0.15, 0.2) is 0 Å². The zero-order valence-electron chi connectivity index (χ0n) is 15.5. The summed E-state index contributed by atoms with van der Waals surface area (Å²) in [6, 6.07) is 9.48. The summed E-state index contributed by atoms with van der Waals surface area (Å²) in [6.07, 6.45) is 1.35. The third-order valence-corrected chi connectivity index (χ3v) is 6.14. The summed E-state index contributed by atoms with van der Waals surface area (Å²) >= 11 is 0. The number of carbonyl (C=O) groups is 1. The molecule has 1 saturated heterocycles. The predicted octanol–water partition coefficient (Wildman–Crippen LogP) is 2.44. The van der Waals surface area contributed by atoms with Crippen LogP contribution in [-0.2, 0) is 14.8 Å². The highest BCUT2D eigenvalue weighted by Gasteiger charge is 2.32. The molecule has 2 atom stereocenters. The summed E-state index contributed by atoms with van der Waals surface area (Å²) in [5.74, 6) is 0.0995. The molecule has 0 saturated carbocycles. The van der Waals surface area contributed by atoms with Gasteiger partial charge in [0.1, 0.15) is 5.82 Å². The van der Waals surface area contributed by atoms with E-state index >= 15 is 0 Å². The number of anilines is 1. The van der Waals surface area contributed by atoms with Gasteiger partial charge in [-0.1, -0.05) is 6.07 Å².